The Morgan fingerprint density at radius 1 is 1.27 bits per heavy atom. The summed E-state index contributed by atoms with van der Waals surface area (Å²) < 4.78 is 21.8. The van der Waals surface area contributed by atoms with Crippen molar-refractivity contribution in [3.8, 4) is 0 Å². The van der Waals surface area contributed by atoms with Crippen LogP contribution < -0.4 is 0 Å². The molecule has 0 radical (unpaired) electrons. The highest BCUT2D eigenvalue weighted by Gasteiger charge is 2.39. The molecule has 1 fully saturated rings. The maximum atomic E-state index is 11.7. The van der Waals surface area contributed by atoms with Gasteiger partial charge in [0.05, 0.1) is 19.3 Å². The van der Waals surface area contributed by atoms with E-state index in [0.29, 0.717) is 17.7 Å². The number of nitrogens with zero attached hydrogens (tertiary/aromatic N) is 1. The van der Waals surface area contributed by atoms with Crippen molar-refractivity contribution in [2.75, 3.05) is 14.2 Å². The lowest BCUT2D eigenvalue weighted by Crippen LogP contribution is -2.40. The van der Waals surface area contributed by atoms with Crippen LogP contribution in [0.15, 0.2) is 4.52 Å². The van der Waals surface area contributed by atoms with Crippen LogP contribution in [-0.4, -0.2) is 37.6 Å². The van der Waals surface area contributed by atoms with Crippen molar-refractivity contribution in [3.63, 3.8) is 0 Å². The van der Waals surface area contributed by atoms with E-state index in [1.807, 2.05) is 0 Å². The average Bonchev–Trinajstić information content (AvgIpc) is 2.86. The van der Waals surface area contributed by atoms with Gasteiger partial charge in [0.1, 0.15) is 6.10 Å². The molecule has 1 aromatic heterocycles. The minimum atomic E-state index is -0.501. The molecule has 0 N–H and O–H groups in total. The van der Waals surface area contributed by atoms with Crippen LogP contribution in [0.1, 0.15) is 61.5 Å². The van der Waals surface area contributed by atoms with Crippen LogP contribution in [0.4, 0.5) is 0 Å². The summed E-state index contributed by atoms with van der Waals surface area (Å²) in [6.07, 6.45) is 1.39. The molecule has 0 amide bonds. The molecule has 0 aliphatic carbocycles. The molecule has 2 heterocycles. The van der Waals surface area contributed by atoms with Crippen LogP contribution in [0.2, 0.25) is 0 Å². The van der Waals surface area contributed by atoms with Crippen molar-refractivity contribution < 1.29 is 23.5 Å². The number of aromatic nitrogens is 1. The Hall–Kier alpha value is -1.40. The third-order valence-electron chi connectivity index (χ3n) is 4.21. The van der Waals surface area contributed by atoms with E-state index in [1.165, 1.54) is 7.11 Å². The molecular formula is C16H25NO5. The van der Waals surface area contributed by atoms with Crippen LogP contribution in [0.5, 0.6) is 0 Å². The van der Waals surface area contributed by atoms with Crippen molar-refractivity contribution in [2.45, 2.75) is 58.8 Å². The summed E-state index contributed by atoms with van der Waals surface area (Å²) in [5, 5.41) is 3.83. The highest BCUT2D eigenvalue weighted by Crippen LogP contribution is 2.40. The fourth-order valence-electron chi connectivity index (χ4n) is 2.74. The number of rotatable bonds is 3. The van der Waals surface area contributed by atoms with E-state index in [2.05, 4.69) is 25.9 Å². The van der Waals surface area contributed by atoms with Crippen molar-refractivity contribution >= 4 is 5.97 Å². The number of methoxy groups -OCH3 is 2. The van der Waals surface area contributed by atoms with Gasteiger partial charge in [-0.05, 0) is 12.3 Å². The van der Waals surface area contributed by atoms with Gasteiger partial charge in [-0.3, -0.25) is 0 Å². The molecule has 22 heavy (non-hydrogen) atoms. The van der Waals surface area contributed by atoms with E-state index >= 15 is 0 Å². The van der Waals surface area contributed by atoms with Gasteiger partial charge in [-0.15, -0.1) is 0 Å². The summed E-state index contributed by atoms with van der Waals surface area (Å²) in [7, 11) is 3.03. The van der Waals surface area contributed by atoms with Gasteiger partial charge in [-0.2, -0.15) is 0 Å². The maximum absolute atomic E-state index is 11.7. The highest BCUT2D eigenvalue weighted by atomic mass is 16.5. The molecule has 3 atom stereocenters. The molecule has 1 saturated heterocycles. The fourth-order valence-corrected chi connectivity index (χ4v) is 2.74. The third-order valence-corrected chi connectivity index (χ3v) is 4.21. The predicted molar refractivity (Wildman–Crippen MR) is 79.7 cm³/mol. The van der Waals surface area contributed by atoms with Gasteiger partial charge in [-0.25, -0.2) is 4.79 Å². The third kappa shape index (κ3) is 3.33. The first kappa shape index (κ1) is 17.0. The molecule has 0 unspecified atom stereocenters. The predicted octanol–water partition coefficient (Wildman–Crippen LogP) is 3.05. The van der Waals surface area contributed by atoms with Gasteiger partial charge in [0.15, 0.2) is 11.5 Å². The molecule has 6 heteroatoms. The van der Waals surface area contributed by atoms with Gasteiger partial charge >= 0.3 is 5.97 Å². The van der Waals surface area contributed by atoms with Crippen LogP contribution in [0, 0.1) is 12.3 Å². The monoisotopic (exact) mass is 311 g/mol. The molecule has 124 valence electrons. The normalized spacial score (nSPS) is 26.0. The van der Waals surface area contributed by atoms with E-state index < -0.39 is 5.97 Å². The number of ether oxygens (including phenoxy) is 3. The maximum Gasteiger partial charge on any atom is 0.360 e. The lowest BCUT2D eigenvalue weighted by molar-refractivity contribution is -0.150. The molecular weight excluding hydrogens is 286 g/mol. The number of hydrogen-bond acceptors (Lipinski definition) is 6. The summed E-state index contributed by atoms with van der Waals surface area (Å²) >= 11 is 0. The number of hydrogen-bond donors (Lipinski definition) is 0. The van der Waals surface area contributed by atoms with Gasteiger partial charge in [0.2, 0.25) is 0 Å². The van der Waals surface area contributed by atoms with Gasteiger partial charge in [0, 0.05) is 25.5 Å². The van der Waals surface area contributed by atoms with Crippen LogP contribution in [-0.2, 0) is 14.2 Å². The minimum Gasteiger partial charge on any atom is -0.464 e. The molecule has 1 aliphatic rings. The molecule has 0 spiro atoms. The van der Waals surface area contributed by atoms with E-state index in [0.717, 1.165) is 6.42 Å². The number of carbonyl (C=O) groups excluding carboxylic acids is 1. The first-order valence-corrected chi connectivity index (χ1v) is 7.50. The number of carbonyl (C=O) groups is 1. The zero-order valence-electron chi connectivity index (χ0n) is 14.1. The largest absolute Gasteiger partial charge is 0.464 e. The van der Waals surface area contributed by atoms with E-state index in [1.54, 1.807) is 14.0 Å². The quantitative estimate of drug-likeness (QED) is 0.799. The molecule has 0 saturated carbocycles. The van der Waals surface area contributed by atoms with Crippen LogP contribution in [0.3, 0.4) is 0 Å². The Morgan fingerprint density at radius 3 is 2.50 bits per heavy atom. The van der Waals surface area contributed by atoms with Crippen LogP contribution >= 0.6 is 0 Å². The molecule has 1 aliphatic heterocycles. The zero-order valence-corrected chi connectivity index (χ0v) is 14.1. The standard InChI is InChI=1S/C16H25NO5/c1-9-13(15(18)20-6)17-22-14(9)11-7-10(19-5)8-12(21-11)16(2,3)4/h10-12H,7-8H2,1-6H3/t10-,11+,12-/m1/s1. The first-order valence-electron chi connectivity index (χ1n) is 7.50. The summed E-state index contributed by atoms with van der Waals surface area (Å²) in [6.45, 7) is 8.21. The Balaban J connectivity index is 2.27. The highest BCUT2D eigenvalue weighted by molar-refractivity contribution is 5.88. The van der Waals surface area contributed by atoms with E-state index in [-0.39, 0.29) is 29.4 Å². The summed E-state index contributed by atoms with van der Waals surface area (Å²) in [5.41, 5.74) is 0.864. The Labute approximate surface area is 131 Å². The fraction of sp³-hybridized carbons (Fsp3) is 0.750. The summed E-state index contributed by atoms with van der Waals surface area (Å²) in [6, 6.07) is 0. The summed E-state index contributed by atoms with van der Waals surface area (Å²) in [5.74, 6) is 0.0790. The molecule has 2 rings (SSSR count). The molecule has 6 nitrogen and oxygen atoms in total. The Morgan fingerprint density at radius 2 is 1.95 bits per heavy atom. The Kier molecular flexibility index (Phi) is 4.92. The zero-order chi connectivity index (χ0) is 16.5. The van der Waals surface area contributed by atoms with E-state index in [9.17, 15) is 4.79 Å². The van der Waals surface area contributed by atoms with Gasteiger partial charge in [0.25, 0.3) is 0 Å². The average molecular weight is 311 g/mol. The topological polar surface area (TPSA) is 70.8 Å². The SMILES string of the molecule is COC(=O)c1noc([C@@H]2C[C@@H](OC)C[C@H](C(C)(C)C)O2)c1C. The Bertz CT molecular complexity index is 531. The number of esters is 1. The molecule has 1 aromatic rings. The van der Waals surface area contributed by atoms with E-state index in [4.69, 9.17) is 18.7 Å². The van der Waals surface area contributed by atoms with Crippen molar-refractivity contribution in [1.82, 2.24) is 5.16 Å². The minimum absolute atomic E-state index is 0.00540. The van der Waals surface area contributed by atoms with Crippen molar-refractivity contribution in [2.24, 2.45) is 5.41 Å². The van der Waals surface area contributed by atoms with Crippen LogP contribution in [0.25, 0.3) is 0 Å². The van der Waals surface area contributed by atoms with Gasteiger partial charge < -0.3 is 18.7 Å². The first-order chi connectivity index (χ1) is 10.3. The second-order valence-corrected chi connectivity index (χ2v) is 6.82. The second-order valence-electron chi connectivity index (χ2n) is 6.82. The summed E-state index contributed by atoms with van der Waals surface area (Å²) in [4.78, 5) is 11.7. The molecule has 0 bridgehead atoms. The van der Waals surface area contributed by atoms with Gasteiger partial charge in [-0.1, -0.05) is 25.9 Å². The lowest BCUT2D eigenvalue weighted by Gasteiger charge is -2.40. The molecule has 0 aromatic carbocycles. The smallest absolute Gasteiger partial charge is 0.360 e. The van der Waals surface area contributed by atoms with Crippen molar-refractivity contribution in [3.05, 3.63) is 17.0 Å². The van der Waals surface area contributed by atoms with Crippen molar-refractivity contribution in [1.29, 1.82) is 0 Å². The second kappa shape index (κ2) is 6.38. The lowest BCUT2D eigenvalue weighted by atomic mass is 9.82.